The first-order valence-corrected chi connectivity index (χ1v) is 6.65. The summed E-state index contributed by atoms with van der Waals surface area (Å²) in [6, 6.07) is 2.22. The molecule has 0 aromatic carbocycles. The Labute approximate surface area is 118 Å². The van der Waals surface area contributed by atoms with E-state index in [9.17, 15) is 30.2 Å². The molecule has 2 unspecified atom stereocenters. The minimum Gasteiger partial charge on any atom is -0.501 e. The van der Waals surface area contributed by atoms with E-state index in [0.717, 1.165) is 17.8 Å². The van der Waals surface area contributed by atoms with Crippen LogP contribution in [-0.4, -0.2) is 42.2 Å². The van der Waals surface area contributed by atoms with Crippen LogP contribution in [0.4, 0.5) is 5.82 Å². The molecule has 9 heteroatoms. The number of nitrogens with zero attached hydrogens (tertiary/aromatic N) is 2. The molecule has 8 nitrogen and oxygen atoms in total. The Hall–Kier alpha value is -1.71. The van der Waals surface area contributed by atoms with E-state index in [1.54, 1.807) is 0 Å². The lowest BCUT2D eigenvalue weighted by Crippen LogP contribution is -2.20. The molecule has 1 aromatic heterocycles. The summed E-state index contributed by atoms with van der Waals surface area (Å²) in [5.41, 5.74) is -0.116. The number of rotatable bonds is 6. The molecule has 1 aromatic rings. The molecular weight excluding hydrogens is 288 g/mol. The van der Waals surface area contributed by atoms with Crippen molar-refractivity contribution in [2.45, 2.75) is 25.6 Å². The van der Waals surface area contributed by atoms with Gasteiger partial charge in [0.05, 0.1) is 6.10 Å². The van der Waals surface area contributed by atoms with Crippen molar-refractivity contribution < 1.29 is 25.0 Å². The van der Waals surface area contributed by atoms with E-state index < -0.39 is 28.7 Å². The van der Waals surface area contributed by atoms with Gasteiger partial charge in [-0.1, -0.05) is 11.8 Å². The molecule has 110 valence electrons. The fourth-order valence-electron chi connectivity index (χ4n) is 1.43. The van der Waals surface area contributed by atoms with Crippen LogP contribution in [0.25, 0.3) is 0 Å². The predicted molar refractivity (Wildman–Crippen MR) is 71.3 cm³/mol. The van der Waals surface area contributed by atoms with Crippen molar-refractivity contribution in [1.82, 2.24) is 4.98 Å². The van der Waals surface area contributed by atoms with Crippen LogP contribution in [0.5, 0.6) is 5.75 Å². The number of thioether (sulfide) groups is 1. The second-order valence-corrected chi connectivity index (χ2v) is 5.25. The maximum absolute atomic E-state index is 10.7. The Morgan fingerprint density at radius 1 is 1.50 bits per heavy atom. The minimum atomic E-state index is -1.43. The molecule has 0 radical (unpaired) electrons. The van der Waals surface area contributed by atoms with Crippen LogP contribution < -0.4 is 0 Å². The minimum absolute atomic E-state index is 0.106. The van der Waals surface area contributed by atoms with Gasteiger partial charge in [-0.3, -0.25) is 4.79 Å². The summed E-state index contributed by atoms with van der Waals surface area (Å²) < 4.78 is 0. The summed E-state index contributed by atoms with van der Waals surface area (Å²) in [6.45, 7) is 1.39. The predicted octanol–water partition coefficient (Wildman–Crippen LogP) is 0.759. The lowest BCUT2D eigenvalue weighted by atomic mass is 10.1. The number of pyridine rings is 1. The van der Waals surface area contributed by atoms with Gasteiger partial charge in [0.2, 0.25) is 5.75 Å². The van der Waals surface area contributed by atoms with Gasteiger partial charge < -0.3 is 25.4 Å². The number of carbonyl (C=O) groups excluding carboxylic acids is 1. The molecule has 0 spiro atoms. The number of hydrogen-bond acceptors (Lipinski definition) is 8. The van der Waals surface area contributed by atoms with Crippen LogP contribution in [0.2, 0.25) is 0 Å². The third kappa shape index (κ3) is 4.44. The monoisotopic (exact) mass is 302 g/mol. The van der Waals surface area contributed by atoms with Gasteiger partial charge in [-0.25, -0.2) is 0 Å². The summed E-state index contributed by atoms with van der Waals surface area (Å²) in [7, 11) is 0. The molecule has 20 heavy (non-hydrogen) atoms. The Balaban J connectivity index is 2.76. The lowest BCUT2D eigenvalue weighted by Gasteiger charge is -2.14. The third-order valence-corrected chi connectivity index (χ3v) is 3.28. The van der Waals surface area contributed by atoms with Crippen LogP contribution in [-0.2, 0) is 4.79 Å². The first-order chi connectivity index (χ1) is 9.32. The largest absolute Gasteiger partial charge is 0.501 e. The van der Waals surface area contributed by atoms with Gasteiger partial charge in [-0.05, 0) is 28.5 Å². The zero-order chi connectivity index (χ0) is 15.3. The quantitative estimate of drug-likeness (QED) is 0.518. The summed E-state index contributed by atoms with van der Waals surface area (Å²) in [6.07, 6.45) is -2.51. The number of aromatic hydroxyl groups is 1. The zero-order valence-corrected chi connectivity index (χ0v) is 11.4. The van der Waals surface area contributed by atoms with Crippen molar-refractivity contribution in [1.29, 1.82) is 0 Å². The fourth-order valence-corrected chi connectivity index (χ4v) is 2.08. The molecule has 1 rings (SSSR count). The molecule has 1 heterocycles. The van der Waals surface area contributed by atoms with Crippen molar-refractivity contribution in [2.24, 2.45) is 0 Å². The zero-order valence-electron chi connectivity index (χ0n) is 10.6. The molecule has 2 atom stereocenters. The number of hydrogen-bond donors (Lipinski definition) is 3. The highest BCUT2D eigenvalue weighted by Crippen LogP contribution is 2.27. The molecule has 0 aliphatic heterocycles. The number of carbonyl (C=O) groups is 1. The Kier molecular flexibility index (Phi) is 5.86. The van der Waals surface area contributed by atoms with Gasteiger partial charge in [0.1, 0.15) is 6.10 Å². The van der Waals surface area contributed by atoms with Gasteiger partial charge in [0.15, 0.2) is 10.8 Å². The van der Waals surface area contributed by atoms with Gasteiger partial charge in [-0.2, -0.15) is 0 Å². The van der Waals surface area contributed by atoms with Gasteiger partial charge in [-0.15, -0.1) is 0 Å². The normalized spacial score (nSPS) is 13.8. The van der Waals surface area contributed by atoms with Gasteiger partial charge >= 0.3 is 5.82 Å². The first kappa shape index (κ1) is 16.3. The standard InChI is InChI=1S/C11H14N2O6S/c1-6(14)20-5-4-8(15)10(17)7-2-3-9(16)11(12-7)13(18)19/h2-3,8,10,15-17H,4-5H2,1H3. The Morgan fingerprint density at radius 3 is 2.70 bits per heavy atom. The fraction of sp³-hybridized carbons (Fsp3) is 0.455. The van der Waals surface area contributed by atoms with Gasteiger partial charge in [0.25, 0.3) is 0 Å². The molecule has 0 aliphatic rings. The van der Waals surface area contributed by atoms with E-state index in [1.807, 2.05) is 0 Å². The Bertz CT molecular complexity index is 510. The molecule has 0 saturated carbocycles. The van der Waals surface area contributed by atoms with E-state index in [-0.39, 0.29) is 17.2 Å². The third-order valence-electron chi connectivity index (χ3n) is 2.44. The number of aliphatic hydroxyl groups excluding tert-OH is 2. The Morgan fingerprint density at radius 2 is 2.15 bits per heavy atom. The number of aromatic nitrogens is 1. The van der Waals surface area contributed by atoms with E-state index in [4.69, 9.17) is 0 Å². The van der Waals surface area contributed by atoms with Crippen molar-refractivity contribution >= 4 is 22.7 Å². The van der Waals surface area contributed by atoms with E-state index >= 15 is 0 Å². The highest BCUT2D eigenvalue weighted by Gasteiger charge is 2.26. The highest BCUT2D eigenvalue weighted by atomic mass is 32.2. The molecular formula is C11H14N2O6S. The van der Waals surface area contributed by atoms with Crippen LogP contribution in [0, 0.1) is 10.1 Å². The van der Waals surface area contributed by atoms with E-state index in [1.165, 1.54) is 13.0 Å². The maximum atomic E-state index is 10.7. The summed E-state index contributed by atoms with van der Waals surface area (Å²) in [4.78, 5) is 24.0. The summed E-state index contributed by atoms with van der Waals surface area (Å²) in [5.74, 6) is -1.09. The second-order valence-electron chi connectivity index (χ2n) is 3.98. The second kappa shape index (κ2) is 7.17. The van der Waals surface area contributed by atoms with Crippen LogP contribution >= 0.6 is 11.8 Å². The molecule has 0 saturated heterocycles. The van der Waals surface area contributed by atoms with Crippen LogP contribution in [0.1, 0.15) is 25.1 Å². The van der Waals surface area contributed by atoms with Crippen molar-refractivity contribution in [3.8, 4) is 5.75 Å². The number of nitro groups is 1. The SMILES string of the molecule is CC(=O)SCCC(O)C(O)c1ccc(O)c([N+](=O)[O-])n1. The summed E-state index contributed by atoms with van der Waals surface area (Å²) >= 11 is 1.00. The van der Waals surface area contributed by atoms with Gasteiger partial charge in [0, 0.05) is 12.7 Å². The summed E-state index contributed by atoms with van der Waals surface area (Å²) in [5, 5.41) is 39.3. The molecule has 0 bridgehead atoms. The van der Waals surface area contributed by atoms with Crippen LogP contribution in [0.15, 0.2) is 12.1 Å². The number of aliphatic hydroxyl groups is 2. The van der Waals surface area contributed by atoms with E-state index in [2.05, 4.69) is 4.98 Å². The lowest BCUT2D eigenvalue weighted by molar-refractivity contribution is -0.390. The van der Waals surface area contributed by atoms with Crippen molar-refractivity contribution in [3.05, 3.63) is 27.9 Å². The van der Waals surface area contributed by atoms with E-state index in [0.29, 0.717) is 5.75 Å². The average Bonchev–Trinajstić information content (AvgIpc) is 2.37. The molecule has 0 amide bonds. The van der Waals surface area contributed by atoms with Crippen molar-refractivity contribution in [2.75, 3.05) is 5.75 Å². The smallest absolute Gasteiger partial charge is 0.406 e. The molecule has 0 fully saturated rings. The molecule has 0 aliphatic carbocycles. The average molecular weight is 302 g/mol. The molecule has 3 N–H and O–H groups in total. The highest BCUT2D eigenvalue weighted by molar-refractivity contribution is 8.13. The van der Waals surface area contributed by atoms with Crippen LogP contribution in [0.3, 0.4) is 0 Å². The first-order valence-electron chi connectivity index (χ1n) is 5.66. The maximum Gasteiger partial charge on any atom is 0.406 e. The topological polar surface area (TPSA) is 134 Å². The van der Waals surface area contributed by atoms with Crippen molar-refractivity contribution in [3.63, 3.8) is 0 Å².